The Bertz CT molecular complexity index is 1240. The number of amidine groups is 1. The quantitative estimate of drug-likeness (QED) is 0.113. The van der Waals surface area contributed by atoms with Gasteiger partial charge >= 0.3 is 0 Å². The zero-order valence-electron chi connectivity index (χ0n) is 31.0. The van der Waals surface area contributed by atoms with Gasteiger partial charge < -0.3 is 24.5 Å². The van der Waals surface area contributed by atoms with Crippen LogP contribution in [0.5, 0.6) is 5.75 Å². The second kappa shape index (κ2) is 26.4. The number of carbonyl (C=O) groups is 1. The van der Waals surface area contributed by atoms with Crippen molar-refractivity contribution in [3.63, 3.8) is 0 Å². The van der Waals surface area contributed by atoms with Crippen LogP contribution in [0.25, 0.3) is 0 Å². The number of piperidine rings is 1. The number of benzene rings is 1. The van der Waals surface area contributed by atoms with Crippen molar-refractivity contribution in [2.24, 2.45) is 10.9 Å². The Morgan fingerprint density at radius 3 is 2.22 bits per heavy atom. The van der Waals surface area contributed by atoms with Crippen molar-refractivity contribution in [2.75, 3.05) is 52.8 Å². The predicted molar refractivity (Wildman–Crippen MR) is 207 cm³/mol. The number of allylic oxidation sites excluding steroid dienone is 5. The van der Waals surface area contributed by atoms with E-state index in [1.54, 1.807) is 30.4 Å². The molecule has 0 aromatic heterocycles. The van der Waals surface area contributed by atoms with Crippen molar-refractivity contribution in [2.45, 2.75) is 84.2 Å². The van der Waals surface area contributed by atoms with Gasteiger partial charge in [-0.3, -0.25) is 9.79 Å². The van der Waals surface area contributed by atoms with Crippen LogP contribution in [-0.4, -0.2) is 96.9 Å². The minimum Gasteiger partial charge on any atom is -0.508 e. The lowest BCUT2D eigenvalue weighted by atomic mass is 9.88. The van der Waals surface area contributed by atoms with Crippen molar-refractivity contribution >= 4 is 23.8 Å². The molecule has 3 atom stereocenters. The van der Waals surface area contributed by atoms with E-state index < -0.39 is 6.43 Å². The minimum atomic E-state index is -2.56. The summed E-state index contributed by atoms with van der Waals surface area (Å²) in [6, 6.07) is 4.28. The van der Waals surface area contributed by atoms with Gasteiger partial charge in [0, 0.05) is 37.5 Å². The minimum absolute atomic E-state index is 0.0317. The fraction of sp³-hybridized carbons (Fsp3) is 0.550. The largest absolute Gasteiger partial charge is 0.508 e. The molecule has 0 bridgehead atoms. The number of nitrogens with zero attached hydrogens (tertiary/aromatic N) is 4. The Labute approximate surface area is 305 Å². The molecule has 0 radical (unpaired) electrons. The smallest absolute Gasteiger partial charge is 0.263 e. The summed E-state index contributed by atoms with van der Waals surface area (Å²) in [5.41, 5.74) is 0.587. The maximum Gasteiger partial charge on any atom is 0.263 e. The van der Waals surface area contributed by atoms with Crippen molar-refractivity contribution in [1.82, 2.24) is 14.7 Å². The summed E-state index contributed by atoms with van der Waals surface area (Å²) in [5.74, 6) is 1.98. The van der Waals surface area contributed by atoms with Gasteiger partial charge in [0.05, 0.1) is 24.8 Å². The number of carbonyl (C=O) groups excluding carboxylic acids is 1. The number of aliphatic imine (C=N–C) groups is 1. The molecule has 1 aromatic rings. The van der Waals surface area contributed by atoms with Gasteiger partial charge in [0.1, 0.15) is 17.3 Å². The number of likely N-dealkylation sites (tertiary alicyclic amines) is 2. The monoisotopic (exact) mass is 718 g/mol. The van der Waals surface area contributed by atoms with E-state index in [2.05, 4.69) is 25.0 Å². The van der Waals surface area contributed by atoms with Crippen molar-refractivity contribution in [1.29, 1.82) is 0 Å². The van der Waals surface area contributed by atoms with Gasteiger partial charge in [0.25, 0.3) is 6.43 Å². The third-order valence-corrected chi connectivity index (χ3v) is 8.72. The molecule has 4 aliphatic rings. The Balaban J connectivity index is 0.000000458. The lowest BCUT2D eigenvalue weighted by molar-refractivity contribution is -0.118. The first kappa shape index (κ1) is 44.6. The second-order valence-corrected chi connectivity index (χ2v) is 12.3. The molecule has 1 aromatic carbocycles. The van der Waals surface area contributed by atoms with Gasteiger partial charge in [-0.25, -0.2) is 8.78 Å². The first-order valence-corrected chi connectivity index (χ1v) is 18.5. The summed E-state index contributed by atoms with van der Waals surface area (Å²) < 4.78 is 31.5. The highest BCUT2D eigenvalue weighted by molar-refractivity contribution is 6.18. The number of aliphatic hydroxyl groups excluding tert-OH is 1. The maximum absolute atomic E-state index is 13.1. The van der Waals surface area contributed by atoms with Crippen LogP contribution < -0.4 is 4.74 Å². The summed E-state index contributed by atoms with van der Waals surface area (Å²) in [5, 5.41) is 9.62. The fourth-order valence-electron chi connectivity index (χ4n) is 5.98. The Kier molecular flexibility index (Phi) is 23.5. The Morgan fingerprint density at radius 1 is 1.10 bits per heavy atom. The SMILES string of the molecule is C=C/C=C/C1C(C2C=CC(O)=CC2)N=C(c2ccc(C(F)F)cc2OC)N1C.C=CCCl.CC.CCCN1CCCC1.O=CN1CCCCC1. The highest BCUT2D eigenvalue weighted by Gasteiger charge is 2.38. The van der Waals surface area contributed by atoms with E-state index in [1.165, 1.54) is 77.4 Å². The number of ether oxygens (including phenoxy) is 1. The van der Waals surface area contributed by atoms with Crippen LogP contribution in [0.4, 0.5) is 8.78 Å². The zero-order valence-corrected chi connectivity index (χ0v) is 31.7. The Hall–Kier alpha value is -3.43. The lowest BCUT2D eigenvalue weighted by Gasteiger charge is -2.28. The molecule has 0 spiro atoms. The number of halogens is 3. The summed E-state index contributed by atoms with van der Waals surface area (Å²) >= 11 is 5.07. The number of amides is 1. The maximum atomic E-state index is 13.1. The topological polar surface area (TPSA) is 68.6 Å². The van der Waals surface area contributed by atoms with E-state index in [0.717, 1.165) is 19.5 Å². The summed E-state index contributed by atoms with van der Waals surface area (Å²) in [6.07, 6.45) is 19.6. The Morgan fingerprint density at radius 2 is 1.74 bits per heavy atom. The number of likely N-dealkylation sites (N-methyl/N-ethyl adjacent to an activating group) is 1. The third kappa shape index (κ3) is 15.2. The molecule has 10 heteroatoms. The van der Waals surface area contributed by atoms with E-state index in [1.807, 2.05) is 48.9 Å². The highest BCUT2D eigenvalue weighted by atomic mass is 35.5. The number of aliphatic hydroxyl groups is 1. The molecule has 3 aliphatic heterocycles. The van der Waals surface area contributed by atoms with E-state index in [-0.39, 0.29) is 29.3 Å². The van der Waals surface area contributed by atoms with E-state index in [0.29, 0.717) is 29.4 Å². The summed E-state index contributed by atoms with van der Waals surface area (Å²) in [4.78, 5) is 21.4. The predicted octanol–water partition coefficient (Wildman–Crippen LogP) is 9.38. The molecule has 5 rings (SSSR count). The van der Waals surface area contributed by atoms with Crippen LogP contribution >= 0.6 is 11.6 Å². The molecule has 1 amide bonds. The van der Waals surface area contributed by atoms with Crippen molar-refractivity contribution in [3.8, 4) is 5.75 Å². The lowest BCUT2D eigenvalue weighted by Crippen LogP contribution is -2.38. The number of methoxy groups -OCH3 is 1. The number of hydrogen-bond donors (Lipinski definition) is 1. The highest BCUT2D eigenvalue weighted by Crippen LogP contribution is 2.35. The molecule has 3 unspecified atom stereocenters. The van der Waals surface area contributed by atoms with Gasteiger partial charge in [-0.2, -0.15) is 0 Å². The van der Waals surface area contributed by atoms with E-state index >= 15 is 0 Å². The molecule has 7 nitrogen and oxygen atoms in total. The van der Waals surface area contributed by atoms with Gasteiger partial charge in [-0.1, -0.05) is 63.8 Å². The molecular formula is C40H61ClF2N4O3. The first-order chi connectivity index (χ1) is 24.2. The molecule has 2 saturated heterocycles. The van der Waals surface area contributed by atoms with Crippen LogP contribution in [0.15, 0.2) is 84.6 Å². The van der Waals surface area contributed by atoms with Gasteiger partial charge in [0.2, 0.25) is 6.41 Å². The van der Waals surface area contributed by atoms with Gasteiger partial charge in [0.15, 0.2) is 0 Å². The molecule has 1 aliphatic carbocycles. The summed E-state index contributed by atoms with van der Waals surface area (Å²) in [6.45, 7) is 19.3. The zero-order chi connectivity index (χ0) is 37.3. The first-order valence-electron chi connectivity index (χ1n) is 18.0. The average Bonchev–Trinajstić information content (AvgIpc) is 3.80. The van der Waals surface area contributed by atoms with Crippen molar-refractivity contribution < 1.29 is 23.4 Å². The number of alkyl halides is 3. The third-order valence-electron chi connectivity index (χ3n) is 8.50. The van der Waals surface area contributed by atoms with Gasteiger partial charge in [-0.05, 0) is 88.9 Å². The molecule has 1 N–H and O–H groups in total. The average molecular weight is 719 g/mol. The molecule has 0 saturated carbocycles. The standard InChI is InChI=1S/C22H24F2N2O2.C7H15N.C6H11NO.C3H5Cl.C2H6/c1-4-5-6-18-20(14-7-10-16(27)11-8-14)25-22(26(18)2)17-12-9-15(21(23)24)13-19(17)28-3;1-2-5-8-6-3-4-7-8;8-6-7-4-2-1-3-5-7;1-2-3-4;1-2/h4-7,9-14,18,20-21,27H,1,8H2,2-3H3;2-7H2,1H3;6H,1-5H2;2H,1,3H2;1-2H3/b6-5+;;;;. The van der Waals surface area contributed by atoms with Crippen LogP contribution in [0.3, 0.4) is 0 Å². The van der Waals surface area contributed by atoms with Crippen LogP contribution in [-0.2, 0) is 4.79 Å². The normalized spacial score (nSPS) is 21.3. The van der Waals surface area contributed by atoms with Crippen molar-refractivity contribution in [3.05, 3.63) is 90.8 Å². The number of rotatable bonds is 10. The second-order valence-electron chi connectivity index (χ2n) is 12.0. The van der Waals surface area contributed by atoms with Crippen LogP contribution in [0.1, 0.15) is 83.3 Å². The number of hydrogen-bond acceptors (Lipinski definition) is 6. The molecule has 3 heterocycles. The van der Waals surface area contributed by atoms with Crippen LogP contribution in [0.2, 0.25) is 0 Å². The molecule has 2 fully saturated rings. The summed E-state index contributed by atoms with van der Waals surface area (Å²) in [7, 11) is 3.39. The molecule has 280 valence electrons. The van der Waals surface area contributed by atoms with E-state index in [4.69, 9.17) is 21.3 Å². The molecular weight excluding hydrogens is 658 g/mol. The van der Waals surface area contributed by atoms with E-state index in [9.17, 15) is 18.7 Å². The molecule has 50 heavy (non-hydrogen) atoms. The fourth-order valence-corrected chi connectivity index (χ4v) is 5.98. The van der Waals surface area contributed by atoms with Crippen LogP contribution in [0, 0.1) is 5.92 Å². The van der Waals surface area contributed by atoms with Gasteiger partial charge in [-0.15, -0.1) is 18.2 Å².